The van der Waals surface area contributed by atoms with E-state index >= 15 is 0 Å². The Morgan fingerprint density at radius 3 is 2.77 bits per heavy atom. The van der Waals surface area contributed by atoms with Crippen LogP contribution in [0.25, 0.3) is 22.3 Å². The second kappa shape index (κ2) is 5.85. The number of aromatic hydroxyl groups is 1. The monoisotopic (exact) mass is 360 g/mol. The van der Waals surface area contributed by atoms with Gasteiger partial charge >= 0.3 is 5.97 Å². The van der Waals surface area contributed by atoms with Gasteiger partial charge in [-0.2, -0.15) is 0 Å². The molecule has 0 atom stereocenters. The molecule has 0 amide bonds. The summed E-state index contributed by atoms with van der Waals surface area (Å²) in [5.74, 6) is 0.0154. The molecule has 0 spiro atoms. The zero-order valence-electron chi connectivity index (χ0n) is 11.8. The van der Waals surface area contributed by atoms with E-state index in [9.17, 15) is 9.90 Å². The van der Waals surface area contributed by atoms with Crippen molar-refractivity contribution in [3.8, 4) is 17.1 Å². The molecule has 22 heavy (non-hydrogen) atoms. The van der Waals surface area contributed by atoms with Gasteiger partial charge in [-0.15, -0.1) is 0 Å². The molecule has 112 valence electrons. The fraction of sp³-hybridized carbons (Fsp3) is 0.118. The lowest BCUT2D eigenvalue weighted by atomic mass is 10.1. The van der Waals surface area contributed by atoms with Crippen LogP contribution in [0.15, 0.2) is 51.4 Å². The molecule has 3 aromatic rings. The van der Waals surface area contributed by atoms with Crippen molar-refractivity contribution in [2.75, 3.05) is 6.61 Å². The molecule has 0 aliphatic carbocycles. The van der Waals surface area contributed by atoms with Gasteiger partial charge in [-0.25, -0.2) is 4.79 Å². The minimum atomic E-state index is -0.474. The highest BCUT2D eigenvalue weighted by molar-refractivity contribution is 9.10. The van der Waals surface area contributed by atoms with E-state index in [2.05, 4.69) is 15.9 Å². The third kappa shape index (κ3) is 2.48. The quantitative estimate of drug-likeness (QED) is 0.685. The molecular weight excluding hydrogens is 348 g/mol. The number of ether oxygens (including phenoxy) is 1. The molecule has 0 unspecified atom stereocenters. The van der Waals surface area contributed by atoms with Gasteiger partial charge in [0.25, 0.3) is 0 Å². The van der Waals surface area contributed by atoms with Crippen molar-refractivity contribution in [2.45, 2.75) is 6.92 Å². The summed E-state index contributed by atoms with van der Waals surface area (Å²) >= 11 is 3.47. The van der Waals surface area contributed by atoms with Crippen molar-refractivity contribution in [2.24, 2.45) is 0 Å². The number of fused-ring (bicyclic) bond motifs is 1. The Bertz CT molecular complexity index is 851. The van der Waals surface area contributed by atoms with E-state index < -0.39 is 5.97 Å². The van der Waals surface area contributed by atoms with Gasteiger partial charge in [-0.05, 0) is 31.2 Å². The predicted molar refractivity (Wildman–Crippen MR) is 87.0 cm³/mol. The summed E-state index contributed by atoms with van der Waals surface area (Å²) in [7, 11) is 0. The van der Waals surface area contributed by atoms with Gasteiger partial charge in [-0.3, -0.25) is 0 Å². The molecule has 0 aliphatic heterocycles. The number of hydrogen-bond donors (Lipinski definition) is 1. The molecule has 1 N–H and O–H groups in total. The van der Waals surface area contributed by atoms with Crippen molar-refractivity contribution in [1.29, 1.82) is 0 Å². The third-order valence-electron chi connectivity index (χ3n) is 3.27. The van der Waals surface area contributed by atoms with Crippen molar-refractivity contribution in [3.05, 3.63) is 52.5 Å². The summed E-state index contributed by atoms with van der Waals surface area (Å²) in [5, 5.41) is 10.2. The molecule has 3 rings (SSSR count). The molecular formula is C17H13BrO4. The maximum atomic E-state index is 12.4. The van der Waals surface area contributed by atoms with E-state index in [0.29, 0.717) is 22.3 Å². The largest absolute Gasteiger partial charge is 0.508 e. The minimum Gasteiger partial charge on any atom is -0.508 e. The summed E-state index contributed by atoms with van der Waals surface area (Å²) in [6.07, 6.45) is 0. The fourth-order valence-electron chi connectivity index (χ4n) is 2.33. The maximum absolute atomic E-state index is 12.4. The van der Waals surface area contributed by atoms with Crippen LogP contribution in [-0.4, -0.2) is 17.7 Å². The average molecular weight is 361 g/mol. The predicted octanol–water partition coefficient (Wildman–Crippen LogP) is 4.74. The van der Waals surface area contributed by atoms with Gasteiger partial charge in [0.15, 0.2) is 5.76 Å². The third-order valence-corrected chi connectivity index (χ3v) is 3.96. The van der Waals surface area contributed by atoms with Gasteiger partial charge in [-0.1, -0.05) is 34.1 Å². The number of rotatable bonds is 3. The molecule has 4 nitrogen and oxygen atoms in total. The summed E-state index contributed by atoms with van der Waals surface area (Å²) in [6, 6.07) is 12.1. The molecule has 0 saturated heterocycles. The van der Waals surface area contributed by atoms with Crippen molar-refractivity contribution < 1.29 is 19.1 Å². The Labute approximate surface area is 135 Å². The Hall–Kier alpha value is -2.27. The highest BCUT2D eigenvalue weighted by Crippen LogP contribution is 2.38. The molecule has 2 aromatic carbocycles. The molecule has 1 aromatic heterocycles. The number of carbonyl (C=O) groups is 1. The second-order valence-electron chi connectivity index (χ2n) is 4.69. The molecule has 0 radical (unpaired) electrons. The van der Waals surface area contributed by atoms with Gasteiger partial charge in [0.05, 0.1) is 6.61 Å². The number of hydrogen-bond acceptors (Lipinski definition) is 4. The van der Waals surface area contributed by atoms with Crippen molar-refractivity contribution in [1.82, 2.24) is 0 Å². The topological polar surface area (TPSA) is 59.7 Å². The van der Waals surface area contributed by atoms with Crippen LogP contribution in [0.1, 0.15) is 17.3 Å². The number of furan rings is 1. The van der Waals surface area contributed by atoms with Gasteiger partial charge in [0.1, 0.15) is 16.9 Å². The normalized spacial score (nSPS) is 10.8. The van der Waals surface area contributed by atoms with Crippen LogP contribution in [-0.2, 0) is 4.74 Å². The highest BCUT2D eigenvalue weighted by Gasteiger charge is 2.24. The summed E-state index contributed by atoms with van der Waals surface area (Å²) in [4.78, 5) is 12.4. The van der Waals surface area contributed by atoms with E-state index in [-0.39, 0.29) is 12.4 Å². The van der Waals surface area contributed by atoms with Crippen molar-refractivity contribution >= 4 is 32.9 Å². The van der Waals surface area contributed by atoms with E-state index in [4.69, 9.17) is 9.15 Å². The highest BCUT2D eigenvalue weighted by atomic mass is 79.9. The lowest BCUT2D eigenvalue weighted by Gasteiger charge is -2.05. The number of phenols is 1. The van der Waals surface area contributed by atoms with E-state index in [1.807, 2.05) is 24.3 Å². The van der Waals surface area contributed by atoms with Crippen LogP contribution in [0, 0.1) is 0 Å². The molecule has 0 fully saturated rings. The first kappa shape index (κ1) is 14.7. The number of phenolic OH excluding ortho intramolecular Hbond substituents is 1. The number of esters is 1. The van der Waals surface area contributed by atoms with Crippen LogP contribution in [0.2, 0.25) is 0 Å². The molecule has 0 bridgehead atoms. The van der Waals surface area contributed by atoms with Crippen molar-refractivity contribution in [3.63, 3.8) is 0 Å². The SMILES string of the molecule is CCOC(=O)c1c(-c2ccccc2Br)oc2ccc(O)cc12. The van der Waals surface area contributed by atoms with E-state index in [1.54, 1.807) is 13.0 Å². The molecule has 0 aliphatic rings. The van der Waals surface area contributed by atoms with E-state index in [0.717, 1.165) is 10.0 Å². The summed E-state index contributed by atoms with van der Waals surface area (Å²) in [6.45, 7) is 2.01. The zero-order chi connectivity index (χ0) is 15.7. The Morgan fingerprint density at radius 2 is 2.05 bits per heavy atom. The molecule has 1 heterocycles. The molecule has 5 heteroatoms. The number of carbonyl (C=O) groups excluding carboxylic acids is 1. The Balaban J connectivity index is 2.32. The minimum absolute atomic E-state index is 0.0672. The molecule has 0 saturated carbocycles. The van der Waals surface area contributed by atoms with E-state index in [1.165, 1.54) is 12.1 Å². The lowest BCUT2D eigenvalue weighted by molar-refractivity contribution is 0.0529. The zero-order valence-corrected chi connectivity index (χ0v) is 13.4. The summed E-state index contributed by atoms with van der Waals surface area (Å²) < 4.78 is 11.8. The smallest absolute Gasteiger partial charge is 0.342 e. The van der Waals surface area contributed by atoms with Crippen LogP contribution in [0.3, 0.4) is 0 Å². The first-order valence-corrected chi connectivity index (χ1v) is 7.58. The van der Waals surface area contributed by atoms with Gasteiger partial charge in [0, 0.05) is 15.4 Å². The first-order chi connectivity index (χ1) is 10.6. The standard InChI is InChI=1S/C17H13BrO4/c1-2-21-17(20)15-12-9-10(19)7-8-14(12)22-16(15)11-5-3-4-6-13(11)18/h3-9,19H,2H2,1H3. The summed E-state index contributed by atoms with van der Waals surface area (Å²) in [5.41, 5.74) is 1.59. The number of halogens is 1. The second-order valence-corrected chi connectivity index (χ2v) is 5.54. The van der Waals surface area contributed by atoms with Crippen LogP contribution in [0.4, 0.5) is 0 Å². The van der Waals surface area contributed by atoms with Crippen LogP contribution >= 0.6 is 15.9 Å². The van der Waals surface area contributed by atoms with Gasteiger partial charge < -0.3 is 14.3 Å². The Kier molecular flexibility index (Phi) is 3.90. The van der Waals surface area contributed by atoms with Gasteiger partial charge in [0.2, 0.25) is 0 Å². The Morgan fingerprint density at radius 1 is 1.27 bits per heavy atom. The van der Waals surface area contributed by atoms with Crippen LogP contribution < -0.4 is 0 Å². The maximum Gasteiger partial charge on any atom is 0.342 e. The number of benzene rings is 2. The fourth-order valence-corrected chi connectivity index (χ4v) is 2.79. The lowest BCUT2D eigenvalue weighted by Crippen LogP contribution is -2.05. The average Bonchev–Trinajstić information content (AvgIpc) is 2.86. The van der Waals surface area contributed by atoms with Crippen LogP contribution in [0.5, 0.6) is 5.75 Å². The first-order valence-electron chi connectivity index (χ1n) is 6.79.